The minimum atomic E-state index is -0.359. The highest BCUT2D eigenvalue weighted by Gasteiger charge is 2.33. The van der Waals surface area contributed by atoms with Crippen molar-refractivity contribution in [3.05, 3.63) is 75.3 Å². The average molecular weight is 504 g/mol. The van der Waals surface area contributed by atoms with Gasteiger partial charge in [-0.25, -0.2) is 9.97 Å². The SMILES string of the molecule is Cc1nc(N[C@H](C)c2ccc(-c3ccccc3CN(C)C)s2)c2cn(C3(C)CCOC3)c(=O)cc2n1. The first-order chi connectivity index (χ1) is 17.2. The number of ether oxygens (including phenoxy) is 1. The smallest absolute Gasteiger partial charge is 0.253 e. The lowest BCUT2D eigenvalue weighted by molar-refractivity contribution is 0.160. The highest BCUT2D eigenvalue weighted by atomic mass is 32.1. The maximum absolute atomic E-state index is 12.9. The summed E-state index contributed by atoms with van der Waals surface area (Å²) in [5.41, 5.74) is 2.82. The predicted octanol–water partition coefficient (Wildman–Crippen LogP) is 5.20. The number of fused-ring (bicyclic) bond motifs is 1. The molecule has 0 spiro atoms. The van der Waals surface area contributed by atoms with Crippen molar-refractivity contribution in [2.75, 3.05) is 32.6 Å². The van der Waals surface area contributed by atoms with Gasteiger partial charge in [0.15, 0.2) is 0 Å². The van der Waals surface area contributed by atoms with E-state index >= 15 is 0 Å². The Morgan fingerprint density at radius 3 is 2.78 bits per heavy atom. The van der Waals surface area contributed by atoms with Crippen molar-refractivity contribution < 1.29 is 4.74 Å². The predicted molar refractivity (Wildman–Crippen MR) is 147 cm³/mol. The van der Waals surface area contributed by atoms with Gasteiger partial charge < -0.3 is 19.5 Å². The van der Waals surface area contributed by atoms with Gasteiger partial charge in [-0.1, -0.05) is 24.3 Å². The molecule has 1 aromatic carbocycles. The molecule has 1 aliphatic heterocycles. The number of aromatic nitrogens is 3. The zero-order valence-corrected chi connectivity index (χ0v) is 22.4. The van der Waals surface area contributed by atoms with Gasteiger partial charge in [0.05, 0.1) is 29.1 Å². The fourth-order valence-electron chi connectivity index (χ4n) is 4.84. The number of anilines is 1. The summed E-state index contributed by atoms with van der Waals surface area (Å²) in [6.45, 7) is 8.16. The lowest BCUT2D eigenvalue weighted by Crippen LogP contribution is -2.38. The van der Waals surface area contributed by atoms with Crippen LogP contribution in [0.2, 0.25) is 0 Å². The number of hydrogen-bond acceptors (Lipinski definition) is 7. The molecular formula is C28H33N5O2S. The van der Waals surface area contributed by atoms with E-state index in [-0.39, 0.29) is 17.1 Å². The second-order valence-corrected chi connectivity index (χ2v) is 11.3. The van der Waals surface area contributed by atoms with Crippen LogP contribution < -0.4 is 10.9 Å². The zero-order valence-electron chi connectivity index (χ0n) is 21.5. The van der Waals surface area contributed by atoms with Gasteiger partial charge in [-0.15, -0.1) is 11.3 Å². The molecule has 0 saturated carbocycles. The van der Waals surface area contributed by atoms with E-state index in [1.807, 2.05) is 13.1 Å². The van der Waals surface area contributed by atoms with Crippen LogP contribution >= 0.6 is 11.3 Å². The molecule has 4 aromatic rings. The second kappa shape index (κ2) is 9.76. The molecule has 1 N–H and O–H groups in total. The van der Waals surface area contributed by atoms with Crippen LogP contribution in [0, 0.1) is 6.92 Å². The van der Waals surface area contributed by atoms with Gasteiger partial charge in [-0.3, -0.25) is 4.79 Å². The molecule has 188 valence electrons. The molecule has 8 heteroatoms. The largest absolute Gasteiger partial charge is 0.379 e. The third kappa shape index (κ3) is 4.81. The highest BCUT2D eigenvalue weighted by Crippen LogP contribution is 2.35. The molecule has 0 aliphatic carbocycles. The average Bonchev–Trinajstić information content (AvgIpc) is 3.49. The summed E-state index contributed by atoms with van der Waals surface area (Å²) in [5, 5.41) is 4.45. The van der Waals surface area contributed by atoms with Crippen LogP contribution in [0.15, 0.2) is 53.5 Å². The first-order valence-electron chi connectivity index (χ1n) is 12.3. The van der Waals surface area contributed by atoms with E-state index in [2.05, 4.69) is 79.5 Å². The van der Waals surface area contributed by atoms with Crippen molar-refractivity contribution in [3.8, 4) is 10.4 Å². The molecule has 2 atom stereocenters. The molecule has 3 aromatic heterocycles. The lowest BCUT2D eigenvalue weighted by atomic mass is 10.0. The fourth-order valence-corrected chi connectivity index (χ4v) is 5.91. The molecule has 36 heavy (non-hydrogen) atoms. The summed E-state index contributed by atoms with van der Waals surface area (Å²) in [5.74, 6) is 1.37. The summed E-state index contributed by atoms with van der Waals surface area (Å²) >= 11 is 1.79. The van der Waals surface area contributed by atoms with Crippen molar-refractivity contribution in [2.45, 2.75) is 45.3 Å². The molecule has 7 nitrogen and oxygen atoms in total. The van der Waals surface area contributed by atoms with Gasteiger partial charge in [-0.05, 0) is 64.5 Å². The van der Waals surface area contributed by atoms with Gasteiger partial charge in [0, 0.05) is 35.2 Å². The van der Waals surface area contributed by atoms with E-state index < -0.39 is 0 Å². The number of benzene rings is 1. The maximum atomic E-state index is 12.9. The van der Waals surface area contributed by atoms with Gasteiger partial charge in [0.25, 0.3) is 5.56 Å². The summed E-state index contributed by atoms with van der Waals surface area (Å²) in [6, 6.07) is 14.6. The Morgan fingerprint density at radius 1 is 1.22 bits per heavy atom. The Bertz CT molecular complexity index is 1450. The Morgan fingerprint density at radius 2 is 2.03 bits per heavy atom. The summed E-state index contributed by atoms with van der Waals surface area (Å²) < 4.78 is 7.41. The van der Waals surface area contributed by atoms with Crippen molar-refractivity contribution in [1.82, 2.24) is 19.4 Å². The van der Waals surface area contributed by atoms with Crippen LogP contribution in [0.1, 0.15) is 42.6 Å². The molecule has 1 saturated heterocycles. The Kier molecular flexibility index (Phi) is 6.68. The van der Waals surface area contributed by atoms with Crippen LogP contribution in [-0.2, 0) is 16.8 Å². The maximum Gasteiger partial charge on any atom is 0.253 e. The van der Waals surface area contributed by atoms with E-state index in [0.29, 0.717) is 24.6 Å². The standard InChI is InChI=1S/C28H33N5O2S/c1-18(24-10-11-25(36-24)21-9-7-6-8-20(21)15-32(4)5)29-27-22-16-33(28(3)12-13-35-17-28)26(34)14-23(22)30-19(2)31-27/h6-11,14,16,18H,12-13,15,17H2,1-5H3,(H,29,30,31)/t18-,28?/m1/s1. The molecule has 5 rings (SSSR count). The van der Waals surface area contributed by atoms with Gasteiger partial charge in [0.1, 0.15) is 11.6 Å². The topological polar surface area (TPSA) is 72.3 Å². The second-order valence-electron chi connectivity index (χ2n) is 10.2. The molecule has 0 radical (unpaired) electrons. The molecule has 0 bridgehead atoms. The van der Waals surface area contributed by atoms with Crippen LogP contribution in [0.5, 0.6) is 0 Å². The number of nitrogens with zero attached hydrogens (tertiary/aromatic N) is 4. The Labute approximate surface area is 215 Å². The van der Waals surface area contributed by atoms with Gasteiger partial charge in [-0.2, -0.15) is 0 Å². The summed E-state index contributed by atoms with van der Waals surface area (Å²) in [6.07, 6.45) is 2.70. The Balaban J connectivity index is 1.48. The lowest BCUT2D eigenvalue weighted by Gasteiger charge is -2.26. The van der Waals surface area contributed by atoms with Crippen molar-refractivity contribution in [2.24, 2.45) is 0 Å². The quantitative estimate of drug-likeness (QED) is 0.374. The third-order valence-corrected chi connectivity index (χ3v) is 8.10. The first kappa shape index (κ1) is 24.6. The molecule has 1 fully saturated rings. The van der Waals surface area contributed by atoms with E-state index in [0.717, 1.165) is 24.2 Å². The molecule has 1 unspecified atom stereocenters. The number of hydrogen-bond donors (Lipinski definition) is 1. The van der Waals surface area contributed by atoms with Crippen LogP contribution in [0.25, 0.3) is 21.3 Å². The minimum absolute atomic E-state index is 0.0352. The van der Waals surface area contributed by atoms with Crippen molar-refractivity contribution in [1.29, 1.82) is 0 Å². The van der Waals surface area contributed by atoms with E-state index in [4.69, 9.17) is 9.72 Å². The van der Waals surface area contributed by atoms with Crippen LogP contribution in [0.4, 0.5) is 5.82 Å². The number of thiophene rings is 1. The fraction of sp³-hybridized carbons (Fsp3) is 0.393. The molecular weight excluding hydrogens is 470 g/mol. The van der Waals surface area contributed by atoms with E-state index in [1.54, 1.807) is 22.0 Å². The molecule has 0 amide bonds. The first-order valence-corrected chi connectivity index (χ1v) is 13.1. The minimum Gasteiger partial charge on any atom is -0.379 e. The van der Waals surface area contributed by atoms with E-state index in [1.165, 1.54) is 20.9 Å². The zero-order chi connectivity index (χ0) is 25.4. The van der Waals surface area contributed by atoms with Crippen LogP contribution in [-0.4, -0.2) is 46.7 Å². The number of pyridine rings is 1. The summed E-state index contributed by atoms with van der Waals surface area (Å²) in [4.78, 5) is 26.9. The van der Waals surface area contributed by atoms with Gasteiger partial charge >= 0.3 is 0 Å². The molecule has 4 heterocycles. The Hall–Kier alpha value is -3.07. The third-order valence-electron chi connectivity index (χ3n) is 6.80. The highest BCUT2D eigenvalue weighted by molar-refractivity contribution is 7.15. The normalized spacial score (nSPS) is 18.7. The number of aryl methyl sites for hydroxylation is 1. The van der Waals surface area contributed by atoms with E-state index in [9.17, 15) is 4.79 Å². The monoisotopic (exact) mass is 503 g/mol. The summed E-state index contributed by atoms with van der Waals surface area (Å²) in [7, 11) is 4.19. The number of nitrogens with one attached hydrogen (secondary N) is 1. The van der Waals surface area contributed by atoms with Gasteiger partial charge in [0.2, 0.25) is 0 Å². The van der Waals surface area contributed by atoms with Crippen molar-refractivity contribution >= 4 is 28.1 Å². The van der Waals surface area contributed by atoms with Crippen LogP contribution in [0.3, 0.4) is 0 Å². The number of rotatable bonds is 7. The van der Waals surface area contributed by atoms with Crippen molar-refractivity contribution in [3.63, 3.8) is 0 Å². The molecule has 1 aliphatic rings.